The van der Waals surface area contributed by atoms with Crippen LogP contribution in [0.5, 0.6) is 0 Å². The molecule has 2 aromatic heterocycles. The average molecular weight is 255 g/mol. The molecule has 0 radical (unpaired) electrons. The molecule has 0 unspecified atom stereocenters. The van der Waals surface area contributed by atoms with Crippen LogP contribution in [0.15, 0.2) is 30.5 Å². The van der Waals surface area contributed by atoms with Crippen LogP contribution in [0.3, 0.4) is 0 Å². The van der Waals surface area contributed by atoms with Gasteiger partial charge >= 0.3 is 0 Å². The quantitative estimate of drug-likeness (QED) is 0.658. The number of hydrogen-bond acceptors (Lipinski definition) is 3. The lowest BCUT2D eigenvalue weighted by Crippen LogP contribution is -2.20. The molecule has 0 fully saturated rings. The largest absolute Gasteiger partial charge is 0.359 e. The van der Waals surface area contributed by atoms with Gasteiger partial charge in [0.2, 0.25) is 5.91 Å². The molecule has 2 heterocycles. The molecule has 1 aromatic carbocycles. The van der Waals surface area contributed by atoms with Gasteiger partial charge < -0.3 is 10.3 Å². The Bertz CT molecular complexity index is 714. The Labute approximate surface area is 109 Å². The van der Waals surface area contributed by atoms with Crippen LogP contribution in [0.1, 0.15) is 5.82 Å². The third-order valence-corrected chi connectivity index (χ3v) is 2.95. The Morgan fingerprint density at radius 2 is 2.26 bits per heavy atom. The first-order valence-corrected chi connectivity index (χ1v) is 5.95. The van der Waals surface area contributed by atoms with Crippen LogP contribution >= 0.6 is 0 Å². The van der Waals surface area contributed by atoms with E-state index in [4.69, 9.17) is 0 Å². The number of H-pyrrole nitrogens is 2. The lowest BCUT2D eigenvalue weighted by atomic mass is 10.1. The van der Waals surface area contributed by atoms with E-state index in [9.17, 15) is 4.79 Å². The van der Waals surface area contributed by atoms with E-state index >= 15 is 0 Å². The number of aromatic nitrogens is 4. The topological polar surface area (TPSA) is 86.5 Å². The number of imidazole rings is 1. The van der Waals surface area contributed by atoms with Crippen molar-refractivity contribution in [1.82, 2.24) is 25.5 Å². The van der Waals surface area contributed by atoms with Gasteiger partial charge in [-0.3, -0.25) is 9.89 Å². The molecular weight excluding hydrogens is 242 g/mol. The second kappa shape index (κ2) is 4.56. The van der Waals surface area contributed by atoms with E-state index in [0.29, 0.717) is 5.82 Å². The number of carbonyl (C=O) groups excluding carboxylic acids is 1. The summed E-state index contributed by atoms with van der Waals surface area (Å²) in [6.07, 6.45) is 1.97. The van der Waals surface area contributed by atoms with Gasteiger partial charge in [-0.25, -0.2) is 4.98 Å². The van der Waals surface area contributed by atoms with Gasteiger partial charge in [-0.2, -0.15) is 5.10 Å². The SMILES string of the molecule is CNC(=O)Cc1nc2ccc(-c3ccn[nH]3)cc2[nH]1. The molecule has 0 saturated heterocycles. The predicted molar refractivity (Wildman–Crippen MR) is 71.4 cm³/mol. The van der Waals surface area contributed by atoms with Gasteiger partial charge in [0.05, 0.1) is 23.1 Å². The van der Waals surface area contributed by atoms with Crippen LogP contribution < -0.4 is 5.32 Å². The van der Waals surface area contributed by atoms with Crippen molar-refractivity contribution in [2.45, 2.75) is 6.42 Å². The lowest BCUT2D eigenvalue weighted by molar-refractivity contribution is -0.120. The number of fused-ring (bicyclic) bond motifs is 1. The molecule has 0 bridgehead atoms. The highest BCUT2D eigenvalue weighted by atomic mass is 16.1. The fraction of sp³-hybridized carbons (Fsp3) is 0.154. The van der Waals surface area contributed by atoms with Crippen molar-refractivity contribution in [3.8, 4) is 11.3 Å². The molecule has 6 heteroatoms. The zero-order chi connectivity index (χ0) is 13.2. The van der Waals surface area contributed by atoms with Crippen LogP contribution in [0.4, 0.5) is 0 Å². The first kappa shape index (κ1) is 11.5. The first-order chi connectivity index (χ1) is 9.26. The minimum atomic E-state index is -0.0622. The summed E-state index contributed by atoms with van der Waals surface area (Å²) in [5, 5.41) is 9.43. The molecule has 96 valence electrons. The van der Waals surface area contributed by atoms with Crippen molar-refractivity contribution >= 4 is 16.9 Å². The Morgan fingerprint density at radius 1 is 1.37 bits per heavy atom. The van der Waals surface area contributed by atoms with E-state index in [-0.39, 0.29) is 12.3 Å². The van der Waals surface area contributed by atoms with Crippen molar-refractivity contribution in [2.24, 2.45) is 0 Å². The molecule has 6 nitrogen and oxygen atoms in total. The fourth-order valence-electron chi connectivity index (χ4n) is 1.97. The lowest BCUT2D eigenvalue weighted by Gasteiger charge is -1.96. The Hall–Kier alpha value is -2.63. The second-order valence-corrected chi connectivity index (χ2v) is 4.24. The molecule has 3 N–H and O–H groups in total. The molecule has 1 amide bonds. The molecule has 0 aliphatic carbocycles. The van der Waals surface area contributed by atoms with Crippen molar-refractivity contribution in [2.75, 3.05) is 7.05 Å². The van der Waals surface area contributed by atoms with Crippen molar-refractivity contribution < 1.29 is 4.79 Å². The van der Waals surface area contributed by atoms with Crippen LogP contribution in [-0.4, -0.2) is 33.1 Å². The van der Waals surface area contributed by atoms with Gasteiger partial charge in [-0.1, -0.05) is 6.07 Å². The first-order valence-electron chi connectivity index (χ1n) is 5.95. The van der Waals surface area contributed by atoms with Gasteiger partial charge in [0.25, 0.3) is 0 Å². The maximum atomic E-state index is 11.3. The number of rotatable bonds is 3. The third kappa shape index (κ3) is 2.20. The van der Waals surface area contributed by atoms with E-state index in [1.807, 2.05) is 24.3 Å². The Morgan fingerprint density at radius 3 is 3.00 bits per heavy atom. The minimum Gasteiger partial charge on any atom is -0.359 e. The standard InChI is InChI=1S/C13H13N5O/c1-14-13(19)7-12-16-10-3-2-8(6-11(10)17-12)9-4-5-15-18-9/h2-6H,7H2,1H3,(H,14,19)(H,15,18)(H,16,17). The maximum Gasteiger partial charge on any atom is 0.227 e. The van der Waals surface area contributed by atoms with E-state index in [2.05, 4.69) is 25.5 Å². The smallest absolute Gasteiger partial charge is 0.227 e. The average Bonchev–Trinajstić information content (AvgIpc) is 3.06. The second-order valence-electron chi connectivity index (χ2n) is 4.24. The summed E-state index contributed by atoms with van der Waals surface area (Å²) < 4.78 is 0. The van der Waals surface area contributed by atoms with Gasteiger partial charge in [0.1, 0.15) is 5.82 Å². The molecule has 0 saturated carbocycles. The molecule has 3 aromatic rings. The van der Waals surface area contributed by atoms with Crippen LogP contribution in [0, 0.1) is 0 Å². The third-order valence-electron chi connectivity index (χ3n) is 2.95. The molecule has 0 aliphatic heterocycles. The van der Waals surface area contributed by atoms with Gasteiger partial charge in [-0.05, 0) is 18.2 Å². The summed E-state index contributed by atoms with van der Waals surface area (Å²) in [5.74, 6) is 0.601. The van der Waals surface area contributed by atoms with Crippen molar-refractivity contribution in [3.63, 3.8) is 0 Å². The monoisotopic (exact) mass is 255 g/mol. The maximum absolute atomic E-state index is 11.3. The fourth-order valence-corrected chi connectivity index (χ4v) is 1.97. The summed E-state index contributed by atoms with van der Waals surface area (Å²) in [6.45, 7) is 0. The molecule has 0 spiro atoms. The highest BCUT2D eigenvalue weighted by Gasteiger charge is 2.08. The minimum absolute atomic E-state index is 0.0622. The zero-order valence-electron chi connectivity index (χ0n) is 10.4. The molecule has 0 aliphatic rings. The van der Waals surface area contributed by atoms with Gasteiger partial charge in [0, 0.05) is 18.8 Å². The number of nitrogens with zero attached hydrogens (tertiary/aromatic N) is 2. The van der Waals surface area contributed by atoms with Crippen molar-refractivity contribution in [3.05, 3.63) is 36.3 Å². The van der Waals surface area contributed by atoms with Crippen molar-refractivity contribution in [1.29, 1.82) is 0 Å². The number of carbonyl (C=O) groups is 1. The molecule has 19 heavy (non-hydrogen) atoms. The van der Waals surface area contributed by atoms with E-state index < -0.39 is 0 Å². The predicted octanol–water partition coefficient (Wildman–Crippen LogP) is 1.24. The normalized spacial score (nSPS) is 10.8. The number of aromatic amines is 2. The summed E-state index contributed by atoms with van der Waals surface area (Å²) in [5.41, 5.74) is 3.73. The molecular formula is C13H13N5O. The van der Waals surface area contributed by atoms with E-state index in [1.165, 1.54) is 0 Å². The van der Waals surface area contributed by atoms with Crippen LogP contribution in [0.2, 0.25) is 0 Å². The highest BCUT2D eigenvalue weighted by Crippen LogP contribution is 2.21. The van der Waals surface area contributed by atoms with E-state index in [0.717, 1.165) is 22.3 Å². The Kier molecular flexibility index (Phi) is 2.75. The zero-order valence-corrected chi connectivity index (χ0v) is 10.4. The molecule has 3 rings (SSSR count). The number of benzene rings is 1. The van der Waals surface area contributed by atoms with E-state index in [1.54, 1.807) is 13.2 Å². The number of nitrogens with one attached hydrogen (secondary N) is 3. The summed E-state index contributed by atoms with van der Waals surface area (Å²) >= 11 is 0. The number of amides is 1. The summed E-state index contributed by atoms with van der Waals surface area (Å²) in [4.78, 5) is 18.9. The highest BCUT2D eigenvalue weighted by molar-refractivity contribution is 5.83. The van der Waals surface area contributed by atoms with Crippen LogP contribution in [0.25, 0.3) is 22.3 Å². The summed E-state index contributed by atoms with van der Waals surface area (Å²) in [6, 6.07) is 7.79. The Balaban J connectivity index is 1.97. The van der Waals surface area contributed by atoms with Gasteiger partial charge in [-0.15, -0.1) is 0 Å². The van der Waals surface area contributed by atoms with Crippen LogP contribution in [-0.2, 0) is 11.2 Å². The number of hydrogen-bond donors (Lipinski definition) is 3. The van der Waals surface area contributed by atoms with Gasteiger partial charge in [0.15, 0.2) is 0 Å². The number of likely N-dealkylation sites (N-methyl/N-ethyl adjacent to an activating group) is 1. The summed E-state index contributed by atoms with van der Waals surface area (Å²) in [7, 11) is 1.61. The molecule has 0 atom stereocenters.